The van der Waals surface area contributed by atoms with E-state index < -0.39 is 11.8 Å². The van der Waals surface area contributed by atoms with Crippen LogP contribution < -0.4 is 0 Å². The van der Waals surface area contributed by atoms with Gasteiger partial charge in [-0.2, -0.15) is 0 Å². The molecule has 1 fully saturated rings. The van der Waals surface area contributed by atoms with Gasteiger partial charge in [0.15, 0.2) is 11.3 Å². The Labute approximate surface area is 190 Å². The standard InChI is InChI=1S/C23H27N3O7/c1-30-9-10-31-14-32-13-16-5-2-3-8-26(16)22-19(23(28)29)20(27)18(33-22)11-15-12-25-21-17(15)6-4-7-24-21/h4,6-7,11-12,16H,2-3,5,8-10,13-14H2,1H3,(H,24,25)(H,28,29). The van der Waals surface area contributed by atoms with E-state index in [0.29, 0.717) is 37.6 Å². The Bertz CT molecular complexity index is 1070. The molecule has 10 heteroatoms. The number of nitrogens with one attached hydrogen (secondary N) is 1. The number of H-pyrrole nitrogens is 1. The van der Waals surface area contributed by atoms with E-state index >= 15 is 0 Å². The molecule has 4 heterocycles. The van der Waals surface area contributed by atoms with Crippen LogP contribution in [0, 0.1) is 0 Å². The molecule has 2 aliphatic heterocycles. The van der Waals surface area contributed by atoms with Crippen LogP contribution in [0.2, 0.25) is 0 Å². The lowest BCUT2D eigenvalue weighted by Gasteiger charge is -2.37. The molecule has 1 saturated heterocycles. The van der Waals surface area contributed by atoms with Crippen molar-refractivity contribution in [3.8, 4) is 0 Å². The highest BCUT2D eigenvalue weighted by Gasteiger charge is 2.41. The molecule has 0 aliphatic carbocycles. The topological polar surface area (TPSA) is 123 Å². The predicted octanol–water partition coefficient (Wildman–Crippen LogP) is 2.29. The summed E-state index contributed by atoms with van der Waals surface area (Å²) in [6.07, 6.45) is 7.56. The van der Waals surface area contributed by atoms with Gasteiger partial charge in [0.05, 0.1) is 25.9 Å². The number of carboxylic acids is 1. The number of hydrogen-bond donors (Lipinski definition) is 2. The number of aromatic nitrogens is 2. The third-order valence-corrected chi connectivity index (χ3v) is 5.65. The number of likely N-dealkylation sites (tertiary alicyclic amines) is 1. The summed E-state index contributed by atoms with van der Waals surface area (Å²) in [6.45, 7) is 1.91. The van der Waals surface area contributed by atoms with Crippen LogP contribution in [0.5, 0.6) is 0 Å². The first-order valence-corrected chi connectivity index (χ1v) is 10.8. The summed E-state index contributed by atoms with van der Waals surface area (Å²) >= 11 is 0. The van der Waals surface area contributed by atoms with Crippen molar-refractivity contribution in [1.82, 2.24) is 14.9 Å². The second-order valence-corrected chi connectivity index (χ2v) is 7.80. The van der Waals surface area contributed by atoms with Crippen molar-refractivity contribution in [3.05, 3.63) is 47.3 Å². The quantitative estimate of drug-likeness (QED) is 0.239. The summed E-state index contributed by atoms with van der Waals surface area (Å²) in [4.78, 5) is 34.1. The van der Waals surface area contributed by atoms with Crippen molar-refractivity contribution < 1.29 is 33.6 Å². The Morgan fingerprint density at radius 1 is 1.36 bits per heavy atom. The largest absolute Gasteiger partial charge is 0.477 e. The minimum Gasteiger partial charge on any atom is -0.477 e. The molecule has 2 aliphatic rings. The number of aliphatic carboxylic acids is 1. The van der Waals surface area contributed by atoms with E-state index in [-0.39, 0.29) is 30.1 Å². The van der Waals surface area contributed by atoms with Crippen molar-refractivity contribution in [2.45, 2.75) is 25.3 Å². The van der Waals surface area contributed by atoms with Crippen LogP contribution in [0.25, 0.3) is 17.1 Å². The Balaban J connectivity index is 1.53. The predicted molar refractivity (Wildman–Crippen MR) is 118 cm³/mol. The van der Waals surface area contributed by atoms with Crippen molar-refractivity contribution in [2.24, 2.45) is 0 Å². The summed E-state index contributed by atoms with van der Waals surface area (Å²) in [7, 11) is 1.60. The Morgan fingerprint density at radius 2 is 2.24 bits per heavy atom. The summed E-state index contributed by atoms with van der Waals surface area (Å²) in [5, 5.41) is 10.6. The van der Waals surface area contributed by atoms with Crippen LogP contribution in [0.3, 0.4) is 0 Å². The van der Waals surface area contributed by atoms with Gasteiger partial charge in [-0.05, 0) is 37.5 Å². The molecule has 10 nitrogen and oxygen atoms in total. The minimum absolute atomic E-state index is 0.0275. The molecule has 176 valence electrons. The number of fused-ring (bicyclic) bond motifs is 1. The van der Waals surface area contributed by atoms with Gasteiger partial charge < -0.3 is 33.9 Å². The average molecular weight is 457 g/mol. The summed E-state index contributed by atoms with van der Waals surface area (Å²) in [6, 6.07) is 3.53. The van der Waals surface area contributed by atoms with E-state index in [1.165, 1.54) is 0 Å². The number of Topliss-reactive ketones (excluding diaryl/α,β-unsaturated/α-hetero) is 1. The lowest BCUT2D eigenvalue weighted by Crippen LogP contribution is -2.42. The highest BCUT2D eigenvalue weighted by molar-refractivity contribution is 6.26. The molecule has 2 aromatic rings. The van der Waals surface area contributed by atoms with E-state index in [9.17, 15) is 14.7 Å². The second kappa shape index (κ2) is 10.6. The van der Waals surface area contributed by atoms with Gasteiger partial charge in [-0.1, -0.05) is 0 Å². The number of ether oxygens (including phenoxy) is 4. The third-order valence-electron chi connectivity index (χ3n) is 5.65. The number of ketones is 1. The van der Waals surface area contributed by atoms with Crippen molar-refractivity contribution in [3.63, 3.8) is 0 Å². The number of methoxy groups -OCH3 is 1. The zero-order valence-electron chi connectivity index (χ0n) is 18.4. The molecule has 1 atom stereocenters. The number of pyridine rings is 1. The van der Waals surface area contributed by atoms with Crippen molar-refractivity contribution in [2.75, 3.05) is 40.3 Å². The van der Waals surface area contributed by atoms with E-state index in [1.54, 1.807) is 31.6 Å². The lowest BCUT2D eigenvalue weighted by atomic mass is 10.0. The first kappa shape index (κ1) is 23.0. The van der Waals surface area contributed by atoms with Crippen molar-refractivity contribution in [1.29, 1.82) is 0 Å². The molecular weight excluding hydrogens is 430 g/mol. The number of aromatic amines is 1. The average Bonchev–Trinajstić information content (AvgIpc) is 3.38. The highest BCUT2D eigenvalue weighted by atomic mass is 16.7. The molecule has 1 unspecified atom stereocenters. The number of piperidine rings is 1. The SMILES string of the molecule is COCCOCOCC1CCCCN1C1=C(C(=O)O)C(=O)C(=Cc2c[nH]c3ncccc23)O1. The maximum absolute atomic E-state index is 13.0. The Kier molecular flexibility index (Phi) is 7.38. The number of carbonyl (C=O) groups is 2. The van der Waals surface area contributed by atoms with Crippen LogP contribution in [0.4, 0.5) is 0 Å². The number of rotatable bonds is 10. The van der Waals surface area contributed by atoms with Gasteiger partial charge in [-0.15, -0.1) is 0 Å². The van der Waals surface area contributed by atoms with Gasteiger partial charge >= 0.3 is 5.97 Å². The molecule has 0 amide bonds. The molecule has 0 aromatic carbocycles. The normalized spacial score (nSPS) is 20.2. The maximum atomic E-state index is 13.0. The Morgan fingerprint density at radius 3 is 3.06 bits per heavy atom. The van der Waals surface area contributed by atoms with Gasteiger partial charge in [-0.25, -0.2) is 9.78 Å². The molecule has 4 rings (SSSR count). The molecule has 0 saturated carbocycles. The van der Waals surface area contributed by atoms with Gasteiger partial charge in [0.1, 0.15) is 12.4 Å². The van der Waals surface area contributed by atoms with E-state index in [1.807, 2.05) is 11.0 Å². The van der Waals surface area contributed by atoms with Crippen LogP contribution in [-0.2, 0) is 28.5 Å². The number of hydrogen-bond acceptors (Lipinski definition) is 8. The number of carbonyl (C=O) groups excluding carboxylic acids is 1. The Hall–Kier alpha value is -3.21. The fraction of sp³-hybridized carbons (Fsp3) is 0.435. The van der Waals surface area contributed by atoms with Crippen LogP contribution in [0.15, 0.2) is 41.7 Å². The van der Waals surface area contributed by atoms with Gasteiger partial charge in [0, 0.05) is 37.0 Å². The zero-order chi connectivity index (χ0) is 23.2. The van der Waals surface area contributed by atoms with E-state index in [0.717, 1.165) is 24.6 Å². The fourth-order valence-corrected chi connectivity index (χ4v) is 4.03. The first-order chi connectivity index (χ1) is 16.1. The number of allylic oxidation sites excluding steroid dienone is 1. The number of nitrogens with zero attached hydrogens (tertiary/aromatic N) is 2. The molecule has 0 bridgehead atoms. The van der Waals surface area contributed by atoms with Gasteiger partial charge in [-0.3, -0.25) is 4.79 Å². The smallest absolute Gasteiger partial charge is 0.345 e. The van der Waals surface area contributed by atoms with E-state index in [2.05, 4.69) is 9.97 Å². The van der Waals surface area contributed by atoms with E-state index in [4.69, 9.17) is 18.9 Å². The summed E-state index contributed by atoms with van der Waals surface area (Å²) < 4.78 is 21.8. The second-order valence-electron chi connectivity index (χ2n) is 7.80. The van der Waals surface area contributed by atoms with Gasteiger partial charge in [0.25, 0.3) is 0 Å². The molecule has 0 spiro atoms. The minimum atomic E-state index is -1.31. The fourth-order valence-electron chi connectivity index (χ4n) is 4.03. The highest BCUT2D eigenvalue weighted by Crippen LogP contribution is 2.34. The monoisotopic (exact) mass is 457 g/mol. The van der Waals surface area contributed by atoms with Crippen molar-refractivity contribution >= 4 is 28.9 Å². The third kappa shape index (κ3) is 5.08. The molecule has 0 radical (unpaired) electrons. The van der Waals surface area contributed by atoms with Gasteiger partial charge in [0.2, 0.25) is 11.7 Å². The summed E-state index contributed by atoms with van der Waals surface area (Å²) in [5.41, 5.74) is 1.00. The lowest BCUT2D eigenvalue weighted by molar-refractivity contribution is -0.134. The molecule has 2 aromatic heterocycles. The first-order valence-electron chi connectivity index (χ1n) is 10.8. The molecule has 33 heavy (non-hydrogen) atoms. The maximum Gasteiger partial charge on any atom is 0.345 e. The summed E-state index contributed by atoms with van der Waals surface area (Å²) in [5.74, 6) is -1.92. The van der Waals surface area contributed by atoms with Crippen LogP contribution in [0.1, 0.15) is 24.8 Å². The number of carboxylic acid groups (broad SMARTS) is 1. The zero-order valence-corrected chi connectivity index (χ0v) is 18.4. The molecular formula is C23H27N3O7. The van der Waals surface area contributed by atoms with Crippen LogP contribution in [-0.4, -0.2) is 78.0 Å². The van der Waals surface area contributed by atoms with Crippen LogP contribution >= 0.6 is 0 Å². The molecule has 2 N–H and O–H groups in total.